The van der Waals surface area contributed by atoms with E-state index >= 15 is 0 Å². The highest BCUT2D eigenvalue weighted by molar-refractivity contribution is 9.10. The van der Waals surface area contributed by atoms with Crippen LogP contribution in [0.25, 0.3) is 0 Å². The summed E-state index contributed by atoms with van der Waals surface area (Å²) in [6.45, 7) is 6.28. The minimum Gasteiger partial charge on any atom is -0.326 e. The van der Waals surface area contributed by atoms with Crippen molar-refractivity contribution in [1.29, 1.82) is 0 Å². The van der Waals surface area contributed by atoms with Crippen LogP contribution in [0.15, 0.2) is 52.1 Å². The smallest absolute Gasteiger partial charge is 0.326 e. The molecule has 2 aliphatic rings. The lowest BCUT2D eigenvalue weighted by Crippen LogP contribution is -2.43. The second-order valence-corrected chi connectivity index (χ2v) is 10.9. The summed E-state index contributed by atoms with van der Waals surface area (Å²) in [6.07, 6.45) is 1.92. The average molecular weight is 538 g/mol. The molecule has 2 atom stereocenters. The zero-order chi connectivity index (χ0) is 23.3. The molecule has 0 spiro atoms. The van der Waals surface area contributed by atoms with Gasteiger partial charge in [0, 0.05) is 22.0 Å². The fourth-order valence-electron chi connectivity index (χ4n) is 5.12. The van der Waals surface area contributed by atoms with Crippen molar-refractivity contribution in [3.63, 3.8) is 0 Å². The summed E-state index contributed by atoms with van der Waals surface area (Å²) in [6, 6.07) is 12.1. The molecule has 2 aromatic carbocycles. The van der Waals surface area contributed by atoms with Crippen LogP contribution in [0.5, 0.6) is 0 Å². The molecule has 2 fully saturated rings. The monoisotopic (exact) mass is 536 g/mol. The number of carbonyl (C=O) groups excluding carboxylic acids is 2. The molecule has 32 heavy (non-hydrogen) atoms. The van der Waals surface area contributed by atoms with E-state index in [2.05, 4.69) is 47.2 Å². The maximum absolute atomic E-state index is 13.5. The molecule has 0 radical (unpaired) electrons. The molecule has 2 saturated carbocycles. The van der Waals surface area contributed by atoms with E-state index in [-0.39, 0.29) is 11.3 Å². The van der Waals surface area contributed by atoms with Gasteiger partial charge >= 0.3 is 5.97 Å². The van der Waals surface area contributed by atoms with Crippen LogP contribution in [0.4, 0.5) is 5.69 Å². The lowest BCUT2D eigenvalue weighted by Gasteiger charge is -2.39. The standard InChI is InChI=1S/C24H23BrCl2N2O3/c1-22(2)23(3)10-11-24(22,21(31)28-14-8-9-17(26)18(27)12-14)13-19(23)29-32-20(30)15-6-4-5-7-16(15)25/h4-9,12H,10-11,13H2,1-3H3,(H,28,31). The molecule has 4 rings (SSSR count). The van der Waals surface area contributed by atoms with Gasteiger partial charge in [0.2, 0.25) is 5.91 Å². The van der Waals surface area contributed by atoms with Crippen molar-refractivity contribution < 1.29 is 14.4 Å². The van der Waals surface area contributed by atoms with E-state index in [1.54, 1.807) is 36.4 Å². The first-order chi connectivity index (χ1) is 15.0. The first-order valence-electron chi connectivity index (χ1n) is 10.3. The molecule has 0 saturated heterocycles. The Morgan fingerprint density at radius 1 is 1.06 bits per heavy atom. The highest BCUT2D eigenvalue weighted by Crippen LogP contribution is 2.71. The molecule has 168 valence electrons. The largest absolute Gasteiger partial charge is 0.366 e. The molecule has 2 unspecified atom stereocenters. The average Bonchev–Trinajstić information content (AvgIpc) is 3.05. The van der Waals surface area contributed by atoms with Gasteiger partial charge in [0.1, 0.15) is 0 Å². The number of carbonyl (C=O) groups is 2. The Kier molecular flexibility index (Phi) is 5.93. The van der Waals surface area contributed by atoms with Crippen LogP contribution in [0.1, 0.15) is 50.4 Å². The predicted octanol–water partition coefficient (Wildman–Crippen LogP) is 7.12. The van der Waals surface area contributed by atoms with Gasteiger partial charge in [0.15, 0.2) is 0 Å². The van der Waals surface area contributed by atoms with Gasteiger partial charge in [-0.3, -0.25) is 4.79 Å². The number of hydrogen-bond donors (Lipinski definition) is 1. The number of nitrogens with one attached hydrogen (secondary N) is 1. The van der Waals surface area contributed by atoms with Crippen molar-refractivity contribution in [2.45, 2.75) is 40.0 Å². The van der Waals surface area contributed by atoms with Crippen molar-refractivity contribution in [3.05, 3.63) is 62.5 Å². The number of fused-ring (bicyclic) bond motifs is 2. The Labute approximate surface area is 205 Å². The van der Waals surface area contributed by atoms with Crippen molar-refractivity contribution in [3.8, 4) is 0 Å². The summed E-state index contributed by atoms with van der Waals surface area (Å²) in [5.74, 6) is -0.629. The quantitative estimate of drug-likeness (QED) is 0.333. The number of rotatable bonds is 4. The molecule has 0 aromatic heterocycles. The number of nitrogens with zero attached hydrogens (tertiary/aromatic N) is 1. The molecular weight excluding hydrogens is 515 g/mol. The molecule has 0 heterocycles. The van der Waals surface area contributed by atoms with E-state index in [1.165, 1.54) is 0 Å². The van der Waals surface area contributed by atoms with Crippen molar-refractivity contribution in [1.82, 2.24) is 0 Å². The summed E-state index contributed by atoms with van der Waals surface area (Å²) in [7, 11) is 0. The Morgan fingerprint density at radius 2 is 1.78 bits per heavy atom. The third-order valence-corrected chi connectivity index (χ3v) is 9.11. The van der Waals surface area contributed by atoms with E-state index in [1.807, 2.05) is 6.07 Å². The molecule has 2 aromatic rings. The fourth-order valence-corrected chi connectivity index (χ4v) is 5.86. The number of oxime groups is 1. The fraction of sp³-hybridized carbons (Fsp3) is 0.375. The van der Waals surface area contributed by atoms with Crippen LogP contribution >= 0.6 is 39.1 Å². The van der Waals surface area contributed by atoms with E-state index < -0.39 is 16.8 Å². The topological polar surface area (TPSA) is 67.8 Å². The van der Waals surface area contributed by atoms with E-state index in [0.29, 0.717) is 32.2 Å². The Morgan fingerprint density at radius 3 is 2.47 bits per heavy atom. The highest BCUT2D eigenvalue weighted by Gasteiger charge is 2.71. The summed E-state index contributed by atoms with van der Waals surface area (Å²) < 4.78 is 0.641. The van der Waals surface area contributed by atoms with Crippen LogP contribution in [-0.2, 0) is 9.63 Å². The molecule has 1 amide bonds. The van der Waals surface area contributed by atoms with Crippen LogP contribution in [0.2, 0.25) is 10.0 Å². The number of halogens is 3. The number of benzene rings is 2. The van der Waals surface area contributed by atoms with Crippen LogP contribution in [0, 0.1) is 16.2 Å². The SMILES string of the molecule is CC12CCC(C(=O)Nc3ccc(Cl)c(Cl)c3)(CC1=NOC(=O)c1ccccc1Br)C2(C)C. The second kappa shape index (κ2) is 8.15. The zero-order valence-corrected chi connectivity index (χ0v) is 21.1. The van der Waals surface area contributed by atoms with E-state index in [4.69, 9.17) is 28.0 Å². The molecule has 0 aliphatic heterocycles. The molecule has 2 bridgehead atoms. The van der Waals surface area contributed by atoms with Gasteiger partial charge < -0.3 is 10.2 Å². The Balaban J connectivity index is 1.60. The van der Waals surface area contributed by atoms with Gasteiger partial charge in [-0.2, -0.15) is 0 Å². The lowest BCUT2D eigenvalue weighted by molar-refractivity contribution is -0.130. The van der Waals surface area contributed by atoms with Crippen molar-refractivity contribution in [2.75, 3.05) is 5.32 Å². The van der Waals surface area contributed by atoms with Gasteiger partial charge in [0.25, 0.3) is 0 Å². The minimum atomic E-state index is -0.674. The first kappa shape index (κ1) is 23.3. The van der Waals surface area contributed by atoms with Crippen molar-refractivity contribution >= 4 is 62.4 Å². The molecule has 8 heteroatoms. The van der Waals surface area contributed by atoms with E-state index in [9.17, 15) is 9.59 Å². The summed E-state index contributed by atoms with van der Waals surface area (Å²) in [5.41, 5.74) is 0.297. The number of amides is 1. The van der Waals surface area contributed by atoms with Gasteiger partial charge in [-0.1, -0.05) is 61.3 Å². The maximum atomic E-state index is 13.5. The van der Waals surface area contributed by atoms with Crippen LogP contribution in [-0.4, -0.2) is 17.6 Å². The normalized spacial score (nSPS) is 26.9. The van der Waals surface area contributed by atoms with Gasteiger partial charge in [-0.25, -0.2) is 4.79 Å². The zero-order valence-electron chi connectivity index (χ0n) is 18.0. The molecule has 2 aliphatic carbocycles. The van der Waals surface area contributed by atoms with E-state index in [0.717, 1.165) is 18.6 Å². The van der Waals surface area contributed by atoms with Gasteiger partial charge in [0.05, 0.1) is 26.7 Å². The minimum absolute atomic E-state index is 0.0908. The third-order valence-electron chi connectivity index (χ3n) is 7.68. The molecule has 5 nitrogen and oxygen atoms in total. The Hall–Kier alpha value is -1.89. The predicted molar refractivity (Wildman–Crippen MR) is 130 cm³/mol. The van der Waals surface area contributed by atoms with Crippen LogP contribution in [0.3, 0.4) is 0 Å². The van der Waals surface area contributed by atoms with Gasteiger partial charge in [-0.15, -0.1) is 0 Å². The summed E-state index contributed by atoms with van der Waals surface area (Å²) in [5, 5.41) is 8.10. The van der Waals surface area contributed by atoms with Crippen molar-refractivity contribution in [2.24, 2.45) is 21.4 Å². The lowest BCUT2D eigenvalue weighted by atomic mass is 9.64. The second-order valence-electron chi connectivity index (χ2n) is 9.20. The van der Waals surface area contributed by atoms with Gasteiger partial charge in [-0.05, 0) is 64.5 Å². The highest BCUT2D eigenvalue weighted by atomic mass is 79.9. The number of anilines is 1. The molecule has 1 N–H and O–H groups in total. The maximum Gasteiger partial charge on any atom is 0.366 e. The summed E-state index contributed by atoms with van der Waals surface area (Å²) in [4.78, 5) is 31.4. The summed E-state index contributed by atoms with van der Waals surface area (Å²) >= 11 is 15.5. The Bertz CT molecular complexity index is 1150. The third kappa shape index (κ3) is 3.47. The first-order valence-corrected chi connectivity index (χ1v) is 11.9. The molecular formula is C24H23BrCl2N2O3. The number of hydrogen-bond acceptors (Lipinski definition) is 4. The van der Waals surface area contributed by atoms with Crippen LogP contribution < -0.4 is 5.32 Å².